The smallest absolute Gasteiger partial charge is 0.331 e. The Morgan fingerprint density at radius 1 is 1.26 bits per heavy atom. The molecule has 2 N–H and O–H groups in total. The molecule has 1 atom stereocenters. The second kappa shape index (κ2) is 9.52. The number of nitrogens with one attached hydrogen (secondary N) is 1. The van der Waals surface area contributed by atoms with E-state index in [-0.39, 0.29) is 18.9 Å². The van der Waals surface area contributed by atoms with Crippen LogP contribution in [0.4, 0.5) is 0 Å². The summed E-state index contributed by atoms with van der Waals surface area (Å²) >= 11 is 3.35. The highest BCUT2D eigenvalue weighted by Gasteiger charge is 2.34. The topological polar surface area (TPSA) is 84.9 Å². The second-order valence-corrected chi connectivity index (χ2v) is 6.29. The minimum Gasteiger partial charge on any atom is -0.494 e. The summed E-state index contributed by atoms with van der Waals surface area (Å²) in [6.07, 6.45) is 1.57. The van der Waals surface area contributed by atoms with E-state index in [4.69, 9.17) is 14.6 Å². The van der Waals surface area contributed by atoms with Crippen LogP contribution in [0, 0.1) is 0 Å². The molecule has 0 aliphatic heterocycles. The van der Waals surface area contributed by atoms with Crippen LogP contribution in [0.2, 0.25) is 0 Å². The van der Waals surface area contributed by atoms with Gasteiger partial charge in [-0.25, -0.2) is 4.79 Å². The first-order valence-corrected chi connectivity index (χ1v) is 8.08. The molecule has 1 amide bonds. The van der Waals surface area contributed by atoms with Crippen molar-refractivity contribution in [3.8, 4) is 5.75 Å². The highest BCUT2D eigenvalue weighted by molar-refractivity contribution is 9.10. The molecule has 23 heavy (non-hydrogen) atoms. The predicted octanol–water partition coefficient (Wildman–Crippen LogP) is 2.60. The fourth-order valence-electron chi connectivity index (χ4n) is 1.92. The zero-order valence-electron chi connectivity index (χ0n) is 13.3. The van der Waals surface area contributed by atoms with Gasteiger partial charge in [-0.05, 0) is 44.0 Å². The maximum Gasteiger partial charge on any atom is 0.331 e. The number of carboxylic acids is 1. The Morgan fingerprint density at radius 2 is 1.91 bits per heavy atom. The monoisotopic (exact) mass is 387 g/mol. The van der Waals surface area contributed by atoms with E-state index in [1.54, 1.807) is 0 Å². The number of unbranched alkanes of at least 4 members (excludes halogenated alkanes) is 1. The number of rotatable bonds is 10. The van der Waals surface area contributed by atoms with Crippen molar-refractivity contribution in [2.45, 2.75) is 31.7 Å². The van der Waals surface area contributed by atoms with Gasteiger partial charge in [0.25, 0.3) is 0 Å². The van der Waals surface area contributed by atoms with Gasteiger partial charge in [0.15, 0.2) is 5.54 Å². The minimum atomic E-state index is -1.40. The van der Waals surface area contributed by atoms with E-state index in [1.807, 2.05) is 24.3 Å². The van der Waals surface area contributed by atoms with Crippen LogP contribution in [0.1, 0.15) is 26.2 Å². The van der Waals surface area contributed by atoms with Crippen LogP contribution in [0.25, 0.3) is 0 Å². The number of hydrogen-bond donors (Lipinski definition) is 2. The fourth-order valence-corrected chi connectivity index (χ4v) is 2.18. The van der Waals surface area contributed by atoms with E-state index in [0.717, 1.165) is 10.2 Å². The Bertz CT molecular complexity index is 520. The maximum absolute atomic E-state index is 11.8. The summed E-state index contributed by atoms with van der Waals surface area (Å²) < 4.78 is 11.4. The summed E-state index contributed by atoms with van der Waals surface area (Å²) in [5, 5.41) is 11.6. The number of methoxy groups -OCH3 is 1. The second-order valence-electron chi connectivity index (χ2n) is 5.38. The summed E-state index contributed by atoms with van der Waals surface area (Å²) in [5.74, 6) is -0.655. The van der Waals surface area contributed by atoms with Gasteiger partial charge >= 0.3 is 5.97 Å². The highest BCUT2D eigenvalue weighted by atomic mass is 79.9. The number of carbonyl (C=O) groups is 2. The van der Waals surface area contributed by atoms with E-state index >= 15 is 0 Å². The van der Waals surface area contributed by atoms with Gasteiger partial charge in [-0.15, -0.1) is 0 Å². The third-order valence-electron chi connectivity index (χ3n) is 3.20. The first-order valence-electron chi connectivity index (χ1n) is 7.29. The summed E-state index contributed by atoms with van der Waals surface area (Å²) in [6, 6.07) is 7.51. The number of halogens is 1. The minimum absolute atomic E-state index is 0.0826. The normalized spacial score (nSPS) is 13.2. The van der Waals surface area contributed by atoms with Crippen LogP contribution in [-0.4, -0.2) is 42.8 Å². The molecule has 1 aromatic rings. The Balaban J connectivity index is 2.25. The van der Waals surface area contributed by atoms with Crippen molar-refractivity contribution in [1.82, 2.24) is 5.32 Å². The number of carboxylic acid groups (broad SMARTS) is 1. The molecule has 0 heterocycles. The van der Waals surface area contributed by atoms with Crippen LogP contribution in [0.3, 0.4) is 0 Å². The average molecular weight is 388 g/mol. The van der Waals surface area contributed by atoms with Crippen molar-refractivity contribution in [1.29, 1.82) is 0 Å². The van der Waals surface area contributed by atoms with Gasteiger partial charge in [-0.1, -0.05) is 15.9 Å². The summed E-state index contributed by atoms with van der Waals surface area (Å²) in [6.45, 7) is 1.84. The predicted molar refractivity (Wildman–Crippen MR) is 89.5 cm³/mol. The molecule has 1 unspecified atom stereocenters. The molecule has 0 saturated carbocycles. The van der Waals surface area contributed by atoms with E-state index in [9.17, 15) is 9.59 Å². The van der Waals surface area contributed by atoms with Gasteiger partial charge < -0.3 is 19.9 Å². The van der Waals surface area contributed by atoms with Crippen molar-refractivity contribution in [3.05, 3.63) is 28.7 Å². The third-order valence-corrected chi connectivity index (χ3v) is 3.73. The SMILES string of the molecule is COCC(C)(NC(=O)CCCCOc1ccc(Br)cc1)C(=O)O. The van der Waals surface area contributed by atoms with Gasteiger partial charge in [0.05, 0.1) is 13.2 Å². The molecule has 0 fully saturated rings. The number of carbonyl (C=O) groups excluding carboxylic acids is 1. The summed E-state index contributed by atoms with van der Waals surface area (Å²) in [5.41, 5.74) is -1.40. The maximum atomic E-state index is 11.8. The Morgan fingerprint density at radius 3 is 2.48 bits per heavy atom. The van der Waals surface area contributed by atoms with Crippen molar-refractivity contribution < 1.29 is 24.2 Å². The average Bonchev–Trinajstić information content (AvgIpc) is 2.48. The molecule has 0 radical (unpaired) electrons. The highest BCUT2D eigenvalue weighted by Crippen LogP contribution is 2.16. The molecule has 0 saturated heterocycles. The standard InChI is InChI=1S/C16H22BrNO5/c1-16(11-22-2,15(20)21)18-14(19)5-3-4-10-23-13-8-6-12(17)7-9-13/h6-9H,3-5,10-11H2,1-2H3,(H,18,19)(H,20,21). The Hall–Kier alpha value is -1.60. The lowest BCUT2D eigenvalue weighted by atomic mass is 10.0. The lowest BCUT2D eigenvalue weighted by Gasteiger charge is -2.25. The Labute approximate surface area is 144 Å². The molecule has 6 nitrogen and oxygen atoms in total. The number of aliphatic carboxylic acids is 1. The van der Waals surface area contributed by atoms with Gasteiger partial charge in [-0.2, -0.15) is 0 Å². The lowest BCUT2D eigenvalue weighted by Crippen LogP contribution is -2.55. The zero-order chi connectivity index (χ0) is 17.3. The third kappa shape index (κ3) is 7.00. The van der Waals surface area contributed by atoms with Crippen molar-refractivity contribution in [2.75, 3.05) is 20.3 Å². The molecule has 7 heteroatoms. The van der Waals surface area contributed by atoms with Crippen LogP contribution in [0.5, 0.6) is 5.75 Å². The molecule has 1 rings (SSSR count). The van der Waals surface area contributed by atoms with Gasteiger partial charge in [-0.3, -0.25) is 4.79 Å². The lowest BCUT2D eigenvalue weighted by molar-refractivity contribution is -0.149. The molecule has 0 aliphatic carbocycles. The largest absolute Gasteiger partial charge is 0.494 e. The van der Waals surface area contributed by atoms with Gasteiger partial charge in [0.2, 0.25) is 5.91 Å². The molecular weight excluding hydrogens is 366 g/mol. The molecule has 0 aliphatic rings. The quantitative estimate of drug-likeness (QED) is 0.602. The molecule has 0 bridgehead atoms. The fraction of sp³-hybridized carbons (Fsp3) is 0.500. The van der Waals surface area contributed by atoms with E-state index in [2.05, 4.69) is 21.2 Å². The van der Waals surface area contributed by atoms with Gasteiger partial charge in [0.1, 0.15) is 5.75 Å². The van der Waals surface area contributed by atoms with E-state index < -0.39 is 11.5 Å². The molecule has 128 valence electrons. The van der Waals surface area contributed by atoms with Gasteiger partial charge in [0, 0.05) is 18.0 Å². The van der Waals surface area contributed by atoms with Crippen molar-refractivity contribution in [2.24, 2.45) is 0 Å². The van der Waals surface area contributed by atoms with E-state index in [0.29, 0.717) is 19.4 Å². The summed E-state index contributed by atoms with van der Waals surface area (Å²) in [4.78, 5) is 23.0. The first kappa shape index (κ1) is 19.4. The number of benzene rings is 1. The summed E-state index contributed by atoms with van der Waals surface area (Å²) in [7, 11) is 1.40. The Kier molecular flexibility index (Phi) is 8.05. The molecule has 0 spiro atoms. The zero-order valence-corrected chi connectivity index (χ0v) is 14.9. The van der Waals surface area contributed by atoms with Crippen LogP contribution in [0.15, 0.2) is 28.7 Å². The van der Waals surface area contributed by atoms with Crippen molar-refractivity contribution in [3.63, 3.8) is 0 Å². The molecular formula is C16H22BrNO5. The molecule has 1 aromatic carbocycles. The number of hydrogen-bond acceptors (Lipinski definition) is 4. The van der Waals surface area contributed by atoms with Crippen LogP contribution < -0.4 is 10.1 Å². The van der Waals surface area contributed by atoms with Crippen molar-refractivity contribution >= 4 is 27.8 Å². The first-order chi connectivity index (χ1) is 10.9. The van der Waals surface area contributed by atoms with Crippen LogP contribution in [-0.2, 0) is 14.3 Å². The molecule has 0 aromatic heterocycles. The van der Waals surface area contributed by atoms with E-state index in [1.165, 1.54) is 14.0 Å². The number of ether oxygens (including phenoxy) is 2. The number of amides is 1. The van der Waals surface area contributed by atoms with Crippen LogP contribution >= 0.6 is 15.9 Å².